The Morgan fingerprint density at radius 3 is 2.09 bits per heavy atom. The highest BCUT2D eigenvalue weighted by Gasteiger charge is 2.21. The molecular weight excluding hydrogens is 446 g/mol. The lowest BCUT2D eigenvalue weighted by atomic mass is 10.2. The fourth-order valence-electron chi connectivity index (χ4n) is 3.02. The predicted octanol–water partition coefficient (Wildman–Crippen LogP) is 2.27. The molecule has 0 heterocycles. The Morgan fingerprint density at radius 1 is 0.939 bits per heavy atom. The molecule has 0 aliphatic carbocycles. The SMILES string of the molecule is CCOc1ccc(CNC(=O)CN(c2ccc(C(=O)N(C)C)cc2)S(C)(=O)=O)cc1OCC. The van der Waals surface area contributed by atoms with E-state index in [2.05, 4.69) is 5.32 Å². The van der Waals surface area contributed by atoms with E-state index in [0.29, 0.717) is 36.0 Å². The van der Waals surface area contributed by atoms with Crippen LogP contribution in [0.15, 0.2) is 42.5 Å². The van der Waals surface area contributed by atoms with E-state index in [-0.39, 0.29) is 12.5 Å². The quantitative estimate of drug-likeness (QED) is 0.532. The molecule has 1 N–H and O–H groups in total. The van der Waals surface area contributed by atoms with Crippen LogP contribution in [0.1, 0.15) is 29.8 Å². The number of ether oxygens (including phenoxy) is 2. The van der Waals surface area contributed by atoms with Crippen molar-refractivity contribution < 1.29 is 27.5 Å². The predicted molar refractivity (Wildman–Crippen MR) is 127 cm³/mol. The minimum Gasteiger partial charge on any atom is -0.490 e. The van der Waals surface area contributed by atoms with Gasteiger partial charge in [0.15, 0.2) is 11.5 Å². The van der Waals surface area contributed by atoms with E-state index in [4.69, 9.17) is 9.47 Å². The van der Waals surface area contributed by atoms with E-state index in [1.807, 2.05) is 19.9 Å². The van der Waals surface area contributed by atoms with Gasteiger partial charge in [-0.2, -0.15) is 0 Å². The average molecular weight is 478 g/mol. The molecule has 0 aromatic heterocycles. The molecular formula is C23H31N3O6S. The Morgan fingerprint density at radius 2 is 1.55 bits per heavy atom. The van der Waals surface area contributed by atoms with Crippen LogP contribution >= 0.6 is 0 Å². The van der Waals surface area contributed by atoms with Crippen LogP contribution in [0.3, 0.4) is 0 Å². The molecule has 0 aliphatic rings. The van der Waals surface area contributed by atoms with Crippen LogP contribution in [-0.2, 0) is 21.4 Å². The number of carbonyl (C=O) groups excluding carboxylic acids is 2. The number of sulfonamides is 1. The number of hydrogen-bond donors (Lipinski definition) is 1. The van der Waals surface area contributed by atoms with Gasteiger partial charge in [-0.25, -0.2) is 8.42 Å². The maximum Gasteiger partial charge on any atom is 0.253 e. The van der Waals surface area contributed by atoms with Gasteiger partial charge in [-0.05, 0) is 55.8 Å². The standard InChI is InChI=1S/C23H31N3O6S/c1-6-31-20-13-8-17(14-21(20)32-7-2)15-24-22(27)16-26(33(5,29)30)19-11-9-18(10-12-19)23(28)25(3)4/h8-14H,6-7,15-16H2,1-5H3,(H,24,27). The summed E-state index contributed by atoms with van der Waals surface area (Å²) in [5.41, 5.74) is 1.50. The number of rotatable bonds is 11. The Kier molecular flexibility index (Phi) is 9.10. The van der Waals surface area contributed by atoms with Crippen molar-refractivity contribution in [3.63, 3.8) is 0 Å². The van der Waals surface area contributed by atoms with Crippen molar-refractivity contribution in [1.29, 1.82) is 0 Å². The van der Waals surface area contributed by atoms with Crippen molar-refractivity contribution in [2.45, 2.75) is 20.4 Å². The van der Waals surface area contributed by atoms with Gasteiger partial charge in [-0.1, -0.05) is 6.07 Å². The van der Waals surface area contributed by atoms with Crippen LogP contribution in [0.5, 0.6) is 11.5 Å². The molecule has 2 aromatic rings. The summed E-state index contributed by atoms with van der Waals surface area (Å²) in [6.45, 7) is 4.52. The largest absolute Gasteiger partial charge is 0.490 e. The summed E-state index contributed by atoms with van der Waals surface area (Å²) in [6, 6.07) is 11.4. The Bertz CT molecular complexity index is 1070. The summed E-state index contributed by atoms with van der Waals surface area (Å²) >= 11 is 0. The van der Waals surface area contributed by atoms with Gasteiger partial charge in [0.05, 0.1) is 25.2 Å². The van der Waals surface area contributed by atoms with Crippen LogP contribution in [-0.4, -0.2) is 65.2 Å². The number of carbonyl (C=O) groups is 2. The van der Waals surface area contributed by atoms with E-state index in [0.717, 1.165) is 16.1 Å². The van der Waals surface area contributed by atoms with Gasteiger partial charge < -0.3 is 19.7 Å². The van der Waals surface area contributed by atoms with E-state index >= 15 is 0 Å². The second-order valence-corrected chi connectivity index (χ2v) is 9.35. The van der Waals surface area contributed by atoms with Gasteiger partial charge in [0.1, 0.15) is 6.54 Å². The van der Waals surface area contributed by atoms with Crippen molar-refractivity contribution in [3.8, 4) is 11.5 Å². The zero-order chi connectivity index (χ0) is 24.6. The highest BCUT2D eigenvalue weighted by atomic mass is 32.2. The molecule has 0 aliphatic heterocycles. The molecule has 180 valence electrons. The number of nitrogens with zero attached hydrogens (tertiary/aromatic N) is 2. The summed E-state index contributed by atoms with van der Waals surface area (Å²) < 4.78 is 36.8. The van der Waals surface area contributed by atoms with Crippen LogP contribution in [0, 0.1) is 0 Å². The van der Waals surface area contributed by atoms with Crippen molar-refractivity contribution in [2.24, 2.45) is 0 Å². The van der Waals surface area contributed by atoms with Gasteiger partial charge in [-0.15, -0.1) is 0 Å². The number of hydrogen-bond acceptors (Lipinski definition) is 6. The molecule has 0 fully saturated rings. The highest BCUT2D eigenvalue weighted by Crippen LogP contribution is 2.28. The van der Waals surface area contributed by atoms with Crippen molar-refractivity contribution in [3.05, 3.63) is 53.6 Å². The first-order chi connectivity index (χ1) is 15.6. The lowest BCUT2D eigenvalue weighted by molar-refractivity contribution is -0.119. The second kappa shape index (κ2) is 11.6. The molecule has 9 nitrogen and oxygen atoms in total. The van der Waals surface area contributed by atoms with Gasteiger partial charge in [0.2, 0.25) is 15.9 Å². The zero-order valence-electron chi connectivity index (χ0n) is 19.6. The lowest BCUT2D eigenvalue weighted by Crippen LogP contribution is -2.40. The third-order valence-corrected chi connectivity index (χ3v) is 5.73. The monoisotopic (exact) mass is 477 g/mol. The molecule has 2 rings (SSSR count). The van der Waals surface area contributed by atoms with Gasteiger partial charge in [0, 0.05) is 26.2 Å². The molecule has 0 saturated heterocycles. The molecule has 0 spiro atoms. The lowest BCUT2D eigenvalue weighted by Gasteiger charge is -2.22. The van der Waals surface area contributed by atoms with Crippen LogP contribution in [0.25, 0.3) is 0 Å². The third kappa shape index (κ3) is 7.38. The minimum absolute atomic E-state index is 0.194. The minimum atomic E-state index is -3.73. The maximum atomic E-state index is 12.6. The molecule has 0 saturated carbocycles. The van der Waals surface area contributed by atoms with Crippen LogP contribution in [0.2, 0.25) is 0 Å². The first-order valence-electron chi connectivity index (χ1n) is 10.5. The molecule has 10 heteroatoms. The molecule has 2 amide bonds. The number of nitrogens with one attached hydrogen (secondary N) is 1. The smallest absolute Gasteiger partial charge is 0.253 e. The molecule has 2 aromatic carbocycles. The van der Waals surface area contributed by atoms with Gasteiger partial charge >= 0.3 is 0 Å². The second-order valence-electron chi connectivity index (χ2n) is 7.44. The first kappa shape index (κ1) is 26.0. The first-order valence-corrected chi connectivity index (χ1v) is 12.4. The maximum absolute atomic E-state index is 12.6. The Hall–Kier alpha value is -3.27. The molecule has 0 atom stereocenters. The Balaban J connectivity index is 2.11. The van der Waals surface area contributed by atoms with Crippen LogP contribution in [0.4, 0.5) is 5.69 Å². The topological polar surface area (TPSA) is 105 Å². The van der Waals surface area contributed by atoms with E-state index in [9.17, 15) is 18.0 Å². The van der Waals surface area contributed by atoms with Gasteiger partial charge in [0.25, 0.3) is 5.91 Å². The van der Waals surface area contributed by atoms with E-state index < -0.39 is 22.5 Å². The van der Waals surface area contributed by atoms with Crippen LogP contribution < -0.4 is 19.1 Å². The van der Waals surface area contributed by atoms with Crippen molar-refractivity contribution in [1.82, 2.24) is 10.2 Å². The van der Waals surface area contributed by atoms with E-state index in [1.54, 1.807) is 26.2 Å². The average Bonchev–Trinajstić information content (AvgIpc) is 2.76. The normalized spacial score (nSPS) is 10.9. The van der Waals surface area contributed by atoms with Crippen molar-refractivity contribution in [2.75, 3.05) is 44.4 Å². The third-order valence-electron chi connectivity index (χ3n) is 4.59. The zero-order valence-corrected chi connectivity index (χ0v) is 20.4. The summed E-state index contributed by atoms with van der Waals surface area (Å²) in [4.78, 5) is 26.0. The number of benzene rings is 2. The highest BCUT2D eigenvalue weighted by molar-refractivity contribution is 7.92. The number of anilines is 1. The fraction of sp³-hybridized carbons (Fsp3) is 0.391. The molecule has 0 radical (unpaired) electrons. The Labute approximate surface area is 195 Å². The fourth-order valence-corrected chi connectivity index (χ4v) is 3.88. The molecule has 33 heavy (non-hydrogen) atoms. The van der Waals surface area contributed by atoms with Crippen molar-refractivity contribution >= 4 is 27.5 Å². The molecule has 0 bridgehead atoms. The molecule has 0 unspecified atom stereocenters. The summed E-state index contributed by atoms with van der Waals surface area (Å²) in [5.74, 6) is 0.526. The summed E-state index contributed by atoms with van der Waals surface area (Å²) in [6.07, 6.45) is 1.03. The number of amides is 2. The van der Waals surface area contributed by atoms with E-state index in [1.165, 1.54) is 29.2 Å². The summed E-state index contributed by atoms with van der Waals surface area (Å²) in [7, 11) is -0.471. The van der Waals surface area contributed by atoms with Gasteiger partial charge in [-0.3, -0.25) is 13.9 Å². The summed E-state index contributed by atoms with van der Waals surface area (Å²) in [5, 5.41) is 2.73.